The standard InChI is InChI=1S/C8H7NO4S/c9-14(11,12)8-7(10)5-3-1-2-4-6(5)13-8/h1-4,8H,(H2,9,11,12). The van der Waals surface area contributed by atoms with E-state index in [1.165, 1.54) is 12.1 Å². The monoisotopic (exact) mass is 213 g/mol. The summed E-state index contributed by atoms with van der Waals surface area (Å²) >= 11 is 0. The quantitative estimate of drug-likeness (QED) is 0.704. The number of sulfonamides is 1. The number of primary sulfonamides is 1. The van der Waals surface area contributed by atoms with Crippen LogP contribution in [0.3, 0.4) is 0 Å². The largest absolute Gasteiger partial charge is 0.464 e. The van der Waals surface area contributed by atoms with Gasteiger partial charge in [0.1, 0.15) is 5.75 Å². The molecule has 0 saturated heterocycles. The highest BCUT2D eigenvalue weighted by Crippen LogP contribution is 2.29. The van der Waals surface area contributed by atoms with Crippen molar-refractivity contribution in [3.63, 3.8) is 0 Å². The topological polar surface area (TPSA) is 86.5 Å². The number of nitrogens with two attached hydrogens (primary N) is 1. The van der Waals surface area contributed by atoms with E-state index >= 15 is 0 Å². The van der Waals surface area contributed by atoms with Crippen molar-refractivity contribution in [3.05, 3.63) is 29.8 Å². The molecule has 0 radical (unpaired) electrons. The van der Waals surface area contributed by atoms with Crippen molar-refractivity contribution in [3.8, 4) is 5.75 Å². The van der Waals surface area contributed by atoms with E-state index in [0.717, 1.165) is 0 Å². The highest BCUT2D eigenvalue weighted by Gasteiger charge is 2.39. The number of hydrogen-bond acceptors (Lipinski definition) is 4. The molecule has 0 amide bonds. The number of fused-ring (bicyclic) bond motifs is 1. The molecule has 74 valence electrons. The van der Waals surface area contributed by atoms with Crippen molar-refractivity contribution in [2.45, 2.75) is 5.44 Å². The molecule has 1 aromatic carbocycles. The first kappa shape index (κ1) is 9.17. The average Bonchev–Trinajstić information content (AvgIpc) is 2.44. The molecule has 1 atom stereocenters. The molecule has 1 aliphatic heterocycles. The second-order valence-electron chi connectivity index (χ2n) is 2.90. The smallest absolute Gasteiger partial charge is 0.274 e. The Hall–Kier alpha value is -1.40. The number of carbonyl (C=O) groups excluding carboxylic acids is 1. The van der Waals surface area contributed by atoms with Crippen molar-refractivity contribution < 1.29 is 17.9 Å². The van der Waals surface area contributed by atoms with Crippen LogP contribution in [0.5, 0.6) is 5.75 Å². The van der Waals surface area contributed by atoms with Gasteiger partial charge in [0.25, 0.3) is 15.5 Å². The van der Waals surface area contributed by atoms with Gasteiger partial charge in [-0.1, -0.05) is 12.1 Å². The van der Waals surface area contributed by atoms with Crippen molar-refractivity contribution in [2.24, 2.45) is 5.14 Å². The van der Waals surface area contributed by atoms with Gasteiger partial charge in [0.15, 0.2) is 0 Å². The lowest BCUT2D eigenvalue weighted by molar-refractivity contribution is 0.0930. The molecule has 0 saturated carbocycles. The number of ketones is 1. The zero-order chi connectivity index (χ0) is 10.3. The summed E-state index contributed by atoms with van der Waals surface area (Å²) in [6.45, 7) is 0. The fourth-order valence-electron chi connectivity index (χ4n) is 1.29. The zero-order valence-electron chi connectivity index (χ0n) is 7.01. The van der Waals surface area contributed by atoms with Gasteiger partial charge in [0.05, 0.1) is 5.56 Å². The Kier molecular flexibility index (Phi) is 1.83. The zero-order valence-corrected chi connectivity index (χ0v) is 7.82. The van der Waals surface area contributed by atoms with Gasteiger partial charge >= 0.3 is 0 Å². The van der Waals surface area contributed by atoms with E-state index in [9.17, 15) is 13.2 Å². The first-order chi connectivity index (χ1) is 6.50. The summed E-state index contributed by atoms with van der Waals surface area (Å²) in [7, 11) is -3.99. The number of hydrogen-bond donors (Lipinski definition) is 1. The third-order valence-corrected chi connectivity index (χ3v) is 2.81. The fourth-order valence-corrected chi connectivity index (χ4v) is 1.95. The lowest BCUT2D eigenvalue weighted by Gasteiger charge is -2.04. The van der Waals surface area contributed by atoms with Gasteiger partial charge in [-0.25, -0.2) is 13.6 Å². The molecule has 0 spiro atoms. The van der Waals surface area contributed by atoms with Crippen LogP contribution in [0.15, 0.2) is 24.3 Å². The minimum Gasteiger partial charge on any atom is -0.464 e. The van der Waals surface area contributed by atoms with Crippen LogP contribution in [-0.4, -0.2) is 19.6 Å². The number of Topliss-reactive ketones (excluding diaryl/α,β-unsaturated/α-hetero) is 1. The van der Waals surface area contributed by atoms with Gasteiger partial charge in [-0.2, -0.15) is 0 Å². The lowest BCUT2D eigenvalue weighted by atomic mass is 10.1. The highest BCUT2D eigenvalue weighted by atomic mass is 32.2. The Balaban J connectivity index is 2.50. The molecule has 0 aliphatic carbocycles. The number of rotatable bonds is 1. The molecule has 2 N–H and O–H groups in total. The molecule has 1 aliphatic rings. The molecular weight excluding hydrogens is 206 g/mol. The SMILES string of the molecule is NS(=O)(=O)C1Oc2ccccc2C1=O. The maximum absolute atomic E-state index is 11.5. The first-order valence-corrected chi connectivity index (χ1v) is 5.42. The Labute approximate surface area is 80.5 Å². The summed E-state index contributed by atoms with van der Waals surface area (Å²) in [6.07, 6.45) is 0. The minimum atomic E-state index is -3.99. The van der Waals surface area contributed by atoms with Crippen LogP contribution in [0, 0.1) is 0 Å². The molecular formula is C8H7NO4S. The summed E-state index contributed by atoms with van der Waals surface area (Å²) in [4.78, 5) is 11.5. The van der Waals surface area contributed by atoms with Crippen molar-refractivity contribution in [2.75, 3.05) is 0 Å². The van der Waals surface area contributed by atoms with Crippen molar-refractivity contribution in [1.29, 1.82) is 0 Å². The molecule has 0 fully saturated rings. The molecule has 14 heavy (non-hydrogen) atoms. The Bertz CT molecular complexity index is 494. The predicted octanol–water partition coefficient (Wildman–Crippen LogP) is -0.124. The summed E-state index contributed by atoms with van der Waals surface area (Å²) < 4.78 is 26.8. The second-order valence-corrected chi connectivity index (χ2v) is 4.51. The minimum absolute atomic E-state index is 0.256. The van der Waals surface area contributed by atoms with Gasteiger partial charge in [-0.05, 0) is 12.1 Å². The van der Waals surface area contributed by atoms with E-state index in [1.54, 1.807) is 12.1 Å². The molecule has 1 unspecified atom stereocenters. The molecule has 5 nitrogen and oxygen atoms in total. The van der Waals surface area contributed by atoms with Gasteiger partial charge in [0.2, 0.25) is 5.78 Å². The van der Waals surface area contributed by atoms with Crippen LogP contribution in [0.4, 0.5) is 0 Å². The molecule has 0 bridgehead atoms. The predicted molar refractivity (Wildman–Crippen MR) is 48.3 cm³/mol. The number of para-hydroxylation sites is 1. The maximum Gasteiger partial charge on any atom is 0.274 e. The molecule has 1 heterocycles. The summed E-state index contributed by atoms with van der Waals surface area (Å²) in [5, 5.41) is 4.84. The van der Waals surface area contributed by atoms with E-state index in [2.05, 4.69) is 0 Å². The average molecular weight is 213 g/mol. The van der Waals surface area contributed by atoms with E-state index in [0.29, 0.717) is 0 Å². The van der Waals surface area contributed by atoms with E-state index in [4.69, 9.17) is 9.88 Å². The second kappa shape index (κ2) is 2.79. The normalized spacial score (nSPS) is 20.4. The first-order valence-electron chi connectivity index (χ1n) is 3.81. The van der Waals surface area contributed by atoms with Gasteiger partial charge in [0, 0.05) is 0 Å². The van der Waals surface area contributed by atoms with Crippen LogP contribution in [-0.2, 0) is 10.0 Å². The maximum atomic E-state index is 11.5. The Morgan fingerprint density at radius 3 is 2.50 bits per heavy atom. The number of carbonyl (C=O) groups is 1. The van der Waals surface area contributed by atoms with Gasteiger partial charge in [-0.3, -0.25) is 4.79 Å². The van der Waals surface area contributed by atoms with Crippen LogP contribution in [0.1, 0.15) is 10.4 Å². The van der Waals surface area contributed by atoms with Crippen LogP contribution in [0.2, 0.25) is 0 Å². The van der Waals surface area contributed by atoms with Gasteiger partial charge in [-0.15, -0.1) is 0 Å². The third-order valence-electron chi connectivity index (χ3n) is 1.90. The van der Waals surface area contributed by atoms with E-state index in [1.807, 2.05) is 0 Å². The summed E-state index contributed by atoms with van der Waals surface area (Å²) in [5.41, 5.74) is -1.33. The number of benzene rings is 1. The van der Waals surface area contributed by atoms with Crippen molar-refractivity contribution in [1.82, 2.24) is 0 Å². The Morgan fingerprint density at radius 2 is 1.93 bits per heavy atom. The molecule has 0 aromatic heterocycles. The van der Waals surface area contributed by atoms with Crippen LogP contribution in [0.25, 0.3) is 0 Å². The van der Waals surface area contributed by atoms with Crippen LogP contribution < -0.4 is 9.88 Å². The third kappa shape index (κ3) is 1.28. The van der Waals surface area contributed by atoms with E-state index < -0.39 is 21.2 Å². The number of ether oxygens (including phenoxy) is 1. The van der Waals surface area contributed by atoms with Gasteiger partial charge < -0.3 is 4.74 Å². The molecule has 1 aromatic rings. The summed E-state index contributed by atoms with van der Waals surface area (Å²) in [5.74, 6) is -0.348. The van der Waals surface area contributed by atoms with Crippen molar-refractivity contribution >= 4 is 15.8 Å². The Morgan fingerprint density at radius 1 is 1.29 bits per heavy atom. The van der Waals surface area contributed by atoms with E-state index in [-0.39, 0.29) is 11.3 Å². The fraction of sp³-hybridized carbons (Fsp3) is 0.125. The molecule has 6 heteroatoms. The van der Waals surface area contributed by atoms with Crippen LogP contribution >= 0.6 is 0 Å². The highest BCUT2D eigenvalue weighted by molar-refractivity contribution is 7.90. The molecule has 2 rings (SSSR count). The summed E-state index contributed by atoms with van der Waals surface area (Å²) in [6, 6.07) is 6.31. The lowest BCUT2D eigenvalue weighted by Crippen LogP contribution is -2.36.